The number of hydrogen-bond donors (Lipinski definition) is 0. The van der Waals surface area contributed by atoms with Gasteiger partial charge in [-0.05, 0) is 29.5 Å². The maximum absolute atomic E-state index is 5.39. The molecule has 100 valence electrons. The predicted molar refractivity (Wildman–Crippen MR) is 79.6 cm³/mol. The fourth-order valence-electron chi connectivity index (χ4n) is 2.10. The maximum atomic E-state index is 5.39. The Labute approximate surface area is 115 Å². The second kappa shape index (κ2) is 6.12. The Morgan fingerprint density at radius 2 is 2.06 bits per heavy atom. The van der Waals surface area contributed by atoms with Crippen LogP contribution in [0.1, 0.15) is 51.2 Å². The van der Waals surface area contributed by atoms with Gasteiger partial charge >= 0.3 is 0 Å². The quantitative estimate of drug-likeness (QED) is 0.548. The summed E-state index contributed by atoms with van der Waals surface area (Å²) in [5, 5.41) is 0.637. The fourth-order valence-corrected chi connectivity index (χ4v) is 3.05. The van der Waals surface area contributed by atoms with Gasteiger partial charge in [0.1, 0.15) is 0 Å². The predicted octanol–water partition coefficient (Wildman–Crippen LogP) is 4.64. The molecule has 1 heterocycles. The van der Waals surface area contributed by atoms with Crippen molar-refractivity contribution in [1.82, 2.24) is 0 Å². The highest BCUT2D eigenvalue weighted by molar-refractivity contribution is 8.00. The summed E-state index contributed by atoms with van der Waals surface area (Å²) in [4.78, 5) is 1.44. The van der Waals surface area contributed by atoms with Crippen LogP contribution in [0.2, 0.25) is 0 Å². The van der Waals surface area contributed by atoms with Crippen LogP contribution in [0.5, 0.6) is 0 Å². The topological polar surface area (TPSA) is 12.5 Å². The molecule has 2 rings (SSSR count). The molecular weight excluding hydrogens is 240 g/mol. The SMILES string of the molecule is CCC(C)c1ccc(SC(C)C)c(CC2CO2)c1. The van der Waals surface area contributed by atoms with E-state index in [0.717, 1.165) is 13.0 Å². The normalized spacial score (nSPS) is 20.2. The van der Waals surface area contributed by atoms with Crippen LogP contribution >= 0.6 is 11.8 Å². The van der Waals surface area contributed by atoms with Crippen LogP contribution in [-0.4, -0.2) is 18.0 Å². The minimum Gasteiger partial charge on any atom is -0.373 e. The highest BCUT2D eigenvalue weighted by Crippen LogP contribution is 2.32. The first-order chi connectivity index (χ1) is 8.60. The van der Waals surface area contributed by atoms with Gasteiger partial charge in [-0.15, -0.1) is 11.8 Å². The van der Waals surface area contributed by atoms with Crippen molar-refractivity contribution in [1.29, 1.82) is 0 Å². The highest BCUT2D eigenvalue weighted by atomic mass is 32.2. The molecule has 0 bridgehead atoms. The van der Waals surface area contributed by atoms with Gasteiger partial charge in [0, 0.05) is 16.6 Å². The van der Waals surface area contributed by atoms with Crippen LogP contribution in [0.4, 0.5) is 0 Å². The molecule has 2 unspecified atom stereocenters. The minimum atomic E-state index is 0.476. The number of thioether (sulfide) groups is 1. The zero-order valence-electron chi connectivity index (χ0n) is 11.9. The third kappa shape index (κ3) is 3.76. The van der Waals surface area contributed by atoms with Crippen LogP contribution < -0.4 is 0 Å². The highest BCUT2D eigenvalue weighted by Gasteiger charge is 2.24. The lowest BCUT2D eigenvalue weighted by Gasteiger charge is -2.15. The molecule has 0 saturated carbocycles. The van der Waals surface area contributed by atoms with Gasteiger partial charge in [-0.1, -0.05) is 39.8 Å². The zero-order chi connectivity index (χ0) is 13.1. The number of hydrogen-bond acceptors (Lipinski definition) is 2. The molecule has 2 heteroatoms. The molecule has 0 aromatic heterocycles. The van der Waals surface area contributed by atoms with Gasteiger partial charge in [0.2, 0.25) is 0 Å². The Hall–Kier alpha value is -0.470. The van der Waals surface area contributed by atoms with Crippen molar-refractivity contribution < 1.29 is 4.74 Å². The summed E-state index contributed by atoms with van der Waals surface area (Å²) < 4.78 is 5.39. The monoisotopic (exact) mass is 264 g/mol. The van der Waals surface area contributed by atoms with E-state index in [1.165, 1.54) is 22.4 Å². The van der Waals surface area contributed by atoms with E-state index in [1.54, 1.807) is 0 Å². The number of rotatable bonds is 6. The fraction of sp³-hybridized carbons (Fsp3) is 0.625. The molecule has 0 amide bonds. The Morgan fingerprint density at radius 3 is 2.61 bits per heavy atom. The average molecular weight is 264 g/mol. The number of benzene rings is 1. The zero-order valence-corrected chi connectivity index (χ0v) is 12.7. The van der Waals surface area contributed by atoms with E-state index < -0.39 is 0 Å². The first-order valence-electron chi connectivity index (χ1n) is 7.01. The Bertz CT molecular complexity index is 396. The Balaban J connectivity index is 2.22. The molecule has 0 spiro atoms. The molecule has 0 N–H and O–H groups in total. The van der Waals surface area contributed by atoms with Crippen LogP contribution in [0.15, 0.2) is 23.1 Å². The molecule has 18 heavy (non-hydrogen) atoms. The van der Waals surface area contributed by atoms with Crippen molar-refractivity contribution in [2.24, 2.45) is 0 Å². The van der Waals surface area contributed by atoms with E-state index in [2.05, 4.69) is 45.9 Å². The smallest absolute Gasteiger partial charge is 0.0850 e. The molecule has 2 atom stereocenters. The second-order valence-corrected chi connectivity index (χ2v) is 7.12. The van der Waals surface area contributed by atoms with Gasteiger partial charge in [-0.3, -0.25) is 0 Å². The molecule has 1 nitrogen and oxygen atoms in total. The number of ether oxygens (including phenoxy) is 1. The molecule has 0 aliphatic carbocycles. The minimum absolute atomic E-state index is 0.476. The Kier molecular flexibility index (Phi) is 4.74. The third-order valence-electron chi connectivity index (χ3n) is 3.48. The maximum Gasteiger partial charge on any atom is 0.0850 e. The van der Waals surface area contributed by atoms with Crippen molar-refractivity contribution in [3.05, 3.63) is 29.3 Å². The molecule has 1 aromatic rings. The van der Waals surface area contributed by atoms with Gasteiger partial charge in [0.05, 0.1) is 12.7 Å². The lowest BCUT2D eigenvalue weighted by molar-refractivity contribution is 0.406. The Morgan fingerprint density at radius 1 is 1.33 bits per heavy atom. The van der Waals surface area contributed by atoms with Crippen LogP contribution in [0, 0.1) is 0 Å². The largest absolute Gasteiger partial charge is 0.373 e. The number of epoxide rings is 1. The van der Waals surface area contributed by atoms with Crippen LogP contribution in [0.3, 0.4) is 0 Å². The van der Waals surface area contributed by atoms with E-state index in [0.29, 0.717) is 17.3 Å². The lowest BCUT2D eigenvalue weighted by Crippen LogP contribution is -2.00. The average Bonchev–Trinajstić information content (AvgIpc) is 3.13. The first-order valence-corrected chi connectivity index (χ1v) is 7.89. The van der Waals surface area contributed by atoms with Gasteiger partial charge in [0.25, 0.3) is 0 Å². The van der Waals surface area contributed by atoms with Gasteiger partial charge in [-0.25, -0.2) is 0 Å². The molecule has 1 saturated heterocycles. The summed E-state index contributed by atoms with van der Waals surface area (Å²) in [6, 6.07) is 7.01. The van der Waals surface area contributed by atoms with E-state index in [4.69, 9.17) is 4.74 Å². The molecule has 1 aliphatic rings. The van der Waals surface area contributed by atoms with Gasteiger partial charge in [-0.2, -0.15) is 0 Å². The summed E-state index contributed by atoms with van der Waals surface area (Å²) in [5.41, 5.74) is 2.95. The van der Waals surface area contributed by atoms with Gasteiger partial charge < -0.3 is 4.74 Å². The first kappa shape index (κ1) is 14.0. The van der Waals surface area contributed by atoms with Crippen molar-refractivity contribution in [3.8, 4) is 0 Å². The van der Waals surface area contributed by atoms with Crippen molar-refractivity contribution in [3.63, 3.8) is 0 Å². The summed E-state index contributed by atoms with van der Waals surface area (Å²) in [6.45, 7) is 10.0. The summed E-state index contributed by atoms with van der Waals surface area (Å²) in [5.74, 6) is 0.655. The summed E-state index contributed by atoms with van der Waals surface area (Å²) in [7, 11) is 0. The van der Waals surface area contributed by atoms with Crippen LogP contribution in [-0.2, 0) is 11.2 Å². The standard InChI is InChI=1S/C16H24OS/c1-5-12(4)13-6-7-16(18-11(2)3)14(8-13)9-15-10-17-15/h6-8,11-12,15H,5,9-10H2,1-4H3. The van der Waals surface area contributed by atoms with Crippen molar-refractivity contribution in [2.45, 2.75) is 62.7 Å². The molecular formula is C16H24OS. The molecule has 0 radical (unpaired) electrons. The molecule has 1 aliphatic heterocycles. The van der Waals surface area contributed by atoms with Crippen molar-refractivity contribution in [2.75, 3.05) is 6.61 Å². The third-order valence-corrected chi connectivity index (χ3v) is 4.60. The lowest BCUT2D eigenvalue weighted by atomic mass is 9.96. The van der Waals surface area contributed by atoms with Gasteiger partial charge in [0.15, 0.2) is 0 Å². The van der Waals surface area contributed by atoms with E-state index in [9.17, 15) is 0 Å². The van der Waals surface area contributed by atoms with E-state index in [1.807, 2.05) is 11.8 Å². The molecule has 1 fully saturated rings. The van der Waals surface area contributed by atoms with E-state index >= 15 is 0 Å². The van der Waals surface area contributed by atoms with E-state index in [-0.39, 0.29) is 0 Å². The summed E-state index contributed by atoms with van der Waals surface area (Å²) >= 11 is 1.97. The van der Waals surface area contributed by atoms with Crippen molar-refractivity contribution >= 4 is 11.8 Å². The van der Waals surface area contributed by atoms with Crippen LogP contribution in [0.25, 0.3) is 0 Å². The second-order valence-electron chi connectivity index (χ2n) is 5.50. The molecule has 1 aromatic carbocycles. The summed E-state index contributed by atoms with van der Waals surface area (Å²) in [6.07, 6.45) is 2.76.